The molecule has 0 amide bonds. The van der Waals surface area contributed by atoms with Crippen molar-refractivity contribution in [2.24, 2.45) is 7.05 Å². The van der Waals surface area contributed by atoms with Crippen LogP contribution in [0.4, 0.5) is 0 Å². The van der Waals surface area contributed by atoms with E-state index in [1.807, 2.05) is 17.9 Å². The van der Waals surface area contributed by atoms with Crippen LogP contribution in [0.3, 0.4) is 0 Å². The van der Waals surface area contributed by atoms with Crippen molar-refractivity contribution in [3.63, 3.8) is 0 Å². The molecule has 1 unspecified atom stereocenters. The molecule has 1 aromatic rings. The van der Waals surface area contributed by atoms with Gasteiger partial charge in [0.05, 0.1) is 5.69 Å². The highest BCUT2D eigenvalue weighted by Crippen LogP contribution is 1.98. The Morgan fingerprint density at radius 3 is 2.62 bits per heavy atom. The van der Waals surface area contributed by atoms with Crippen LogP contribution in [0.1, 0.15) is 26.5 Å². The molecule has 4 nitrogen and oxygen atoms in total. The Labute approximate surface area is 98.6 Å². The van der Waals surface area contributed by atoms with Gasteiger partial charge >= 0.3 is 0 Å². The number of nitrogens with zero attached hydrogens (tertiary/aromatic N) is 3. The molecule has 0 saturated carbocycles. The molecule has 92 valence electrons. The molecule has 1 rings (SSSR count). The molecule has 0 bridgehead atoms. The summed E-state index contributed by atoms with van der Waals surface area (Å²) in [6, 6.07) is 2.63. The van der Waals surface area contributed by atoms with E-state index in [-0.39, 0.29) is 0 Å². The van der Waals surface area contributed by atoms with E-state index in [9.17, 15) is 0 Å². The third-order valence-corrected chi connectivity index (χ3v) is 2.95. The van der Waals surface area contributed by atoms with Gasteiger partial charge in [-0.3, -0.25) is 9.58 Å². The normalized spacial score (nSPS) is 13.3. The van der Waals surface area contributed by atoms with E-state index in [0.29, 0.717) is 6.04 Å². The fourth-order valence-corrected chi connectivity index (χ4v) is 1.94. The van der Waals surface area contributed by atoms with Gasteiger partial charge in [-0.25, -0.2) is 0 Å². The van der Waals surface area contributed by atoms with Crippen LogP contribution in [-0.4, -0.2) is 40.4 Å². The second-order valence-electron chi connectivity index (χ2n) is 4.18. The maximum absolute atomic E-state index is 4.33. The van der Waals surface area contributed by atoms with Gasteiger partial charge < -0.3 is 5.32 Å². The number of nitrogens with one attached hydrogen (secondary N) is 1. The van der Waals surface area contributed by atoms with Gasteiger partial charge in [-0.2, -0.15) is 5.10 Å². The lowest BCUT2D eigenvalue weighted by molar-refractivity contribution is 0.225. The van der Waals surface area contributed by atoms with Gasteiger partial charge in [-0.05, 0) is 26.1 Å². The molecule has 0 aliphatic heterocycles. The standard InChI is InChI=1S/C12H24N4/c1-5-16(6-2)11(3)9-13-10-12-7-8-15(4)14-12/h7-8,11,13H,5-6,9-10H2,1-4H3. The fourth-order valence-electron chi connectivity index (χ4n) is 1.94. The average molecular weight is 224 g/mol. The summed E-state index contributed by atoms with van der Waals surface area (Å²) in [5, 5.41) is 7.78. The fraction of sp³-hybridized carbons (Fsp3) is 0.750. The van der Waals surface area contributed by atoms with Gasteiger partial charge in [0.25, 0.3) is 0 Å². The highest BCUT2D eigenvalue weighted by molar-refractivity contribution is 4.97. The molecule has 0 radical (unpaired) electrons. The number of hydrogen-bond acceptors (Lipinski definition) is 3. The van der Waals surface area contributed by atoms with E-state index in [2.05, 4.69) is 42.2 Å². The third-order valence-electron chi connectivity index (χ3n) is 2.95. The van der Waals surface area contributed by atoms with E-state index in [1.165, 1.54) is 0 Å². The van der Waals surface area contributed by atoms with Crippen LogP contribution < -0.4 is 5.32 Å². The number of aromatic nitrogens is 2. The summed E-state index contributed by atoms with van der Waals surface area (Å²) in [5.41, 5.74) is 1.11. The van der Waals surface area contributed by atoms with Gasteiger partial charge in [0.2, 0.25) is 0 Å². The molecule has 16 heavy (non-hydrogen) atoms. The smallest absolute Gasteiger partial charge is 0.0762 e. The zero-order chi connectivity index (χ0) is 12.0. The maximum Gasteiger partial charge on any atom is 0.0762 e. The van der Waals surface area contributed by atoms with Crippen molar-refractivity contribution in [2.45, 2.75) is 33.4 Å². The number of aryl methyl sites for hydroxylation is 1. The Bertz CT molecular complexity index is 291. The van der Waals surface area contributed by atoms with Crippen LogP contribution in [-0.2, 0) is 13.6 Å². The van der Waals surface area contributed by atoms with E-state index < -0.39 is 0 Å². The summed E-state index contributed by atoms with van der Waals surface area (Å²) in [7, 11) is 1.95. The molecule has 4 heteroatoms. The number of likely N-dealkylation sites (N-methyl/N-ethyl adjacent to an activating group) is 1. The zero-order valence-electron chi connectivity index (χ0n) is 10.9. The Balaban J connectivity index is 2.24. The molecule has 0 spiro atoms. The first-order valence-corrected chi connectivity index (χ1v) is 6.10. The van der Waals surface area contributed by atoms with Crippen molar-refractivity contribution in [2.75, 3.05) is 19.6 Å². The topological polar surface area (TPSA) is 33.1 Å². The third kappa shape index (κ3) is 3.94. The lowest BCUT2D eigenvalue weighted by Crippen LogP contribution is -2.40. The largest absolute Gasteiger partial charge is 0.310 e. The quantitative estimate of drug-likeness (QED) is 0.756. The van der Waals surface area contributed by atoms with Crippen molar-refractivity contribution in [1.82, 2.24) is 20.0 Å². The molecule has 0 fully saturated rings. The first kappa shape index (κ1) is 13.2. The molecule has 0 saturated heterocycles. The van der Waals surface area contributed by atoms with Gasteiger partial charge in [0, 0.05) is 32.4 Å². The van der Waals surface area contributed by atoms with Crippen LogP contribution in [0.25, 0.3) is 0 Å². The van der Waals surface area contributed by atoms with E-state index >= 15 is 0 Å². The number of rotatable bonds is 7. The van der Waals surface area contributed by atoms with Gasteiger partial charge in [-0.15, -0.1) is 0 Å². The minimum atomic E-state index is 0.582. The van der Waals surface area contributed by atoms with Crippen molar-refractivity contribution < 1.29 is 0 Å². The monoisotopic (exact) mass is 224 g/mol. The van der Waals surface area contributed by atoms with Crippen LogP contribution in [0.15, 0.2) is 12.3 Å². The summed E-state index contributed by atoms with van der Waals surface area (Å²) in [5.74, 6) is 0. The van der Waals surface area contributed by atoms with Crippen molar-refractivity contribution in [3.8, 4) is 0 Å². The second kappa shape index (κ2) is 6.66. The highest BCUT2D eigenvalue weighted by Gasteiger charge is 2.09. The lowest BCUT2D eigenvalue weighted by Gasteiger charge is -2.26. The van der Waals surface area contributed by atoms with Crippen LogP contribution in [0, 0.1) is 0 Å². The molecular weight excluding hydrogens is 200 g/mol. The van der Waals surface area contributed by atoms with E-state index in [4.69, 9.17) is 0 Å². The molecule has 0 aromatic carbocycles. The van der Waals surface area contributed by atoms with Crippen LogP contribution >= 0.6 is 0 Å². The summed E-state index contributed by atoms with van der Waals surface area (Å²) in [4.78, 5) is 2.45. The summed E-state index contributed by atoms with van der Waals surface area (Å²) in [6.07, 6.45) is 1.98. The summed E-state index contributed by atoms with van der Waals surface area (Å²) < 4.78 is 1.84. The molecule has 1 N–H and O–H groups in total. The minimum Gasteiger partial charge on any atom is -0.310 e. The van der Waals surface area contributed by atoms with Crippen molar-refractivity contribution in [1.29, 1.82) is 0 Å². The molecule has 1 heterocycles. The van der Waals surface area contributed by atoms with Crippen molar-refractivity contribution in [3.05, 3.63) is 18.0 Å². The van der Waals surface area contributed by atoms with Gasteiger partial charge in [0.15, 0.2) is 0 Å². The van der Waals surface area contributed by atoms with E-state index in [0.717, 1.165) is 31.9 Å². The zero-order valence-corrected chi connectivity index (χ0v) is 10.9. The Morgan fingerprint density at radius 2 is 2.12 bits per heavy atom. The van der Waals surface area contributed by atoms with Crippen LogP contribution in [0.2, 0.25) is 0 Å². The maximum atomic E-state index is 4.33. The molecule has 1 atom stereocenters. The second-order valence-corrected chi connectivity index (χ2v) is 4.18. The summed E-state index contributed by atoms with van der Waals surface area (Å²) >= 11 is 0. The first-order chi connectivity index (χ1) is 7.67. The predicted molar refractivity (Wildman–Crippen MR) is 67.3 cm³/mol. The SMILES string of the molecule is CCN(CC)C(C)CNCc1ccn(C)n1. The Kier molecular flexibility index (Phi) is 5.49. The molecular formula is C12H24N4. The molecule has 1 aromatic heterocycles. The van der Waals surface area contributed by atoms with Crippen LogP contribution in [0.5, 0.6) is 0 Å². The first-order valence-electron chi connectivity index (χ1n) is 6.10. The number of hydrogen-bond donors (Lipinski definition) is 1. The van der Waals surface area contributed by atoms with Gasteiger partial charge in [-0.1, -0.05) is 13.8 Å². The predicted octanol–water partition coefficient (Wildman–Crippen LogP) is 1.24. The molecule has 0 aliphatic carbocycles. The summed E-state index contributed by atoms with van der Waals surface area (Å²) in [6.45, 7) is 10.8. The van der Waals surface area contributed by atoms with E-state index in [1.54, 1.807) is 0 Å². The van der Waals surface area contributed by atoms with Gasteiger partial charge in [0.1, 0.15) is 0 Å². The highest BCUT2D eigenvalue weighted by atomic mass is 15.3. The molecule has 0 aliphatic rings. The minimum absolute atomic E-state index is 0.582. The lowest BCUT2D eigenvalue weighted by atomic mass is 10.2. The Morgan fingerprint density at radius 1 is 1.44 bits per heavy atom. The average Bonchev–Trinajstić information content (AvgIpc) is 2.66. The Hall–Kier alpha value is -0.870. The van der Waals surface area contributed by atoms with Crippen molar-refractivity contribution >= 4 is 0 Å².